The highest BCUT2D eigenvalue weighted by Gasteiger charge is 2.30. The van der Waals surface area contributed by atoms with Gasteiger partial charge in [-0.3, -0.25) is 0 Å². The number of aliphatic hydroxyl groups excluding tert-OH is 1. The molecule has 0 aromatic carbocycles. The number of hydrogen-bond acceptors (Lipinski definition) is 4. The molecule has 0 bridgehead atoms. The van der Waals surface area contributed by atoms with E-state index in [0.717, 1.165) is 0 Å². The van der Waals surface area contributed by atoms with Crippen LogP contribution in [0.1, 0.15) is 0 Å². The highest BCUT2D eigenvalue weighted by Crippen LogP contribution is 2.15. The maximum atomic E-state index is 10.4. The average molecular weight is 339 g/mol. The van der Waals surface area contributed by atoms with E-state index in [0.29, 0.717) is 13.2 Å². The first kappa shape index (κ1) is 20.5. The Labute approximate surface area is 128 Å². The topological polar surface area (TPSA) is 47.9 Å². The van der Waals surface area contributed by atoms with Gasteiger partial charge in [0.1, 0.15) is 6.10 Å². The van der Waals surface area contributed by atoms with E-state index in [9.17, 15) is 5.11 Å². The summed E-state index contributed by atoms with van der Waals surface area (Å²) in [5.74, 6) is 0. The van der Waals surface area contributed by atoms with E-state index in [2.05, 4.69) is 58.9 Å². The van der Waals surface area contributed by atoms with Gasteiger partial charge in [0, 0.05) is 0 Å². The number of hydrogen-bond donors (Lipinski definition) is 1. The second kappa shape index (κ2) is 7.66. The molecule has 0 unspecified atom stereocenters. The standard InChI is InChI=1S/C13H34O4Si3/c1-18(2,3)15-10-12(14)13(17-20(7,8)9)11-16-19(4,5)6/h12-14H,10-11H2,1-9H3/t12-,13+/m1/s1. The van der Waals surface area contributed by atoms with Crippen molar-refractivity contribution in [3.63, 3.8) is 0 Å². The Hall–Kier alpha value is 0.491. The van der Waals surface area contributed by atoms with Crippen LogP contribution in [0.5, 0.6) is 0 Å². The summed E-state index contributed by atoms with van der Waals surface area (Å²) < 4.78 is 17.8. The summed E-state index contributed by atoms with van der Waals surface area (Å²) in [6.07, 6.45) is -0.908. The Morgan fingerprint density at radius 2 is 1.10 bits per heavy atom. The van der Waals surface area contributed by atoms with E-state index < -0.39 is 31.1 Å². The van der Waals surface area contributed by atoms with Gasteiger partial charge in [0.15, 0.2) is 25.0 Å². The Morgan fingerprint density at radius 1 is 0.700 bits per heavy atom. The molecule has 2 atom stereocenters. The first-order valence-electron chi connectivity index (χ1n) is 7.33. The Balaban J connectivity index is 4.58. The Bertz CT molecular complexity index is 279. The predicted molar refractivity (Wildman–Crippen MR) is 92.8 cm³/mol. The molecule has 0 aliphatic rings. The van der Waals surface area contributed by atoms with Gasteiger partial charge in [-0.1, -0.05) is 0 Å². The van der Waals surface area contributed by atoms with Crippen molar-refractivity contribution in [3.8, 4) is 0 Å². The summed E-state index contributed by atoms with van der Waals surface area (Å²) in [5, 5.41) is 10.4. The van der Waals surface area contributed by atoms with Crippen LogP contribution in [0, 0.1) is 0 Å². The largest absolute Gasteiger partial charge is 0.415 e. The van der Waals surface area contributed by atoms with Crippen molar-refractivity contribution in [2.45, 2.75) is 71.1 Å². The Morgan fingerprint density at radius 3 is 1.45 bits per heavy atom. The molecule has 0 saturated carbocycles. The molecule has 0 aliphatic carbocycles. The van der Waals surface area contributed by atoms with Crippen LogP contribution in [0.3, 0.4) is 0 Å². The molecule has 0 fully saturated rings. The van der Waals surface area contributed by atoms with E-state index in [-0.39, 0.29) is 6.10 Å². The quantitative estimate of drug-likeness (QED) is 0.656. The fourth-order valence-corrected chi connectivity index (χ4v) is 3.92. The lowest BCUT2D eigenvalue weighted by atomic mass is 10.2. The van der Waals surface area contributed by atoms with Gasteiger partial charge >= 0.3 is 0 Å². The van der Waals surface area contributed by atoms with Gasteiger partial charge in [-0.15, -0.1) is 0 Å². The summed E-state index contributed by atoms with van der Waals surface area (Å²) in [4.78, 5) is 0. The first-order chi connectivity index (χ1) is 8.70. The van der Waals surface area contributed by atoms with Crippen LogP contribution in [0.25, 0.3) is 0 Å². The average Bonchev–Trinajstić information content (AvgIpc) is 2.16. The zero-order valence-electron chi connectivity index (χ0n) is 14.7. The van der Waals surface area contributed by atoms with Crippen molar-refractivity contribution in [2.75, 3.05) is 13.2 Å². The molecule has 7 heteroatoms. The molecule has 0 aliphatic heterocycles. The maximum Gasteiger partial charge on any atom is 0.184 e. The Kier molecular flexibility index (Phi) is 7.85. The molecule has 1 N–H and O–H groups in total. The van der Waals surface area contributed by atoms with Crippen molar-refractivity contribution in [1.29, 1.82) is 0 Å². The van der Waals surface area contributed by atoms with Crippen LogP contribution in [0.2, 0.25) is 58.9 Å². The van der Waals surface area contributed by atoms with Crippen LogP contribution in [-0.2, 0) is 13.3 Å². The van der Waals surface area contributed by atoms with Crippen LogP contribution < -0.4 is 0 Å². The van der Waals surface area contributed by atoms with Crippen molar-refractivity contribution in [3.05, 3.63) is 0 Å². The minimum Gasteiger partial charge on any atom is -0.415 e. The van der Waals surface area contributed by atoms with Crippen molar-refractivity contribution < 1.29 is 18.4 Å². The molecular formula is C13H34O4Si3. The van der Waals surface area contributed by atoms with Crippen LogP contribution in [0.4, 0.5) is 0 Å². The van der Waals surface area contributed by atoms with Crippen LogP contribution >= 0.6 is 0 Å². The molecule has 0 amide bonds. The number of rotatable bonds is 9. The molecule has 0 spiro atoms. The van der Waals surface area contributed by atoms with Crippen LogP contribution in [0.15, 0.2) is 0 Å². The molecule has 0 saturated heterocycles. The molecule has 0 aromatic heterocycles. The first-order valence-corrected chi connectivity index (χ1v) is 17.6. The lowest BCUT2D eigenvalue weighted by Gasteiger charge is -2.33. The summed E-state index contributed by atoms with van der Waals surface area (Å²) in [5.41, 5.74) is 0. The van der Waals surface area contributed by atoms with Gasteiger partial charge in [0.25, 0.3) is 0 Å². The normalized spacial score (nSPS) is 17.1. The van der Waals surface area contributed by atoms with Gasteiger partial charge in [0.2, 0.25) is 0 Å². The van der Waals surface area contributed by atoms with Gasteiger partial charge in [-0.05, 0) is 58.9 Å². The summed E-state index contributed by atoms with van der Waals surface area (Å²) in [7, 11) is -4.95. The minimum atomic E-state index is -1.72. The van der Waals surface area contributed by atoms with E-state index >= 15 is 0 Å². The third-order valence-corrected chi connectivity index (χ3v) is 5.38. The van der Waals surface area contributed by atoms with E-state index in [1.165, 1.54) is 0 Å². The van der Waals surface area contributed by atoms with Gasteiger partial charge < -0.3 is 18.4 Å². The highest BCUT2D eigenvalue weighted by molar-refractivity contribution is 6.70. The second-order valence-corrected chi connectivity index (χ2v) is 21.7. The fraction of sp³-hybridized carbons (Fsp3) is 1.00. The zero-order valence-corrected chi connectivity index (χ0v) is 17.7. The van der Waals surface area contributed by atoms with Crippen molar-refractivity contribution in [1.82, 2.24) is 0 Å². The molecule has 122 valence electrons. The van der Waals surface area contributed by atoms with E-state index in [1.54, 1.807) is 0 Å². The third-order valence-electron chi connectivity index (χ3n) is 2.30. The summed E-state index contributed by atoms with van der Waals surface area (Å²) in [6.45, 7) is 19.9. The van der Waals surface area contributed by atoms with E-state index in [4.69, 9.17) is 13.3 Å². The summed E-state index contributed by atoms with van der Waals surface area (Å²) >= 11 is 0. The second-order valence-electron chi connectivity index (χ2n) is 8.18. The smallest absolute Gasteiger partial charge is 0.184 e. The lowest BCUT2D eigenvalue weighted by Crippen LogP contribution is -2.46. The molecule has 20 heavy (non-hydrogen) atoms. The maximum absolute atomic E-state index is 10.4. The van der Waals surface area contributed by atoms with Gasteiger partial charge in [-0.2, -0.15) is 0 Å². The molecule has 0 radical (unpaired) electrons. The van der Waals surface area contributed by atoms with Gasteiger partial charge in [-0.25, -0.2) is 0 Å². The van der Waals surface area contributed by atoms with Crippen molar-refractivity contribution >= 4 is 25.0 Å². The number of aliphatic hydroxyl groups is 1. The molecule has 0 aromatic rings. The molecule has 0 heterocycles. The molecular weight excluding hydrogens is 304 g/mol. The molecule has 0 rings (SSSR count). The van der Waals surface area contributed by atoms with E-state index in [1.807, 2.05) is 0 Å². The summed E-state index contributed by atoms with van der Waals surface area (Å²) in [6, 6.07) is 0. The molecule has 4 nitrogen and oxygen atoms in total. The van der Waals surface area contributed by atoms with Crippen LogP contribution in [-0.4, -0.2) is 55.5 Å². The van der Waals surface area contributed by atoms with Crippen molar-refractivity contribution in [2.24, 2.45) is 0 Å². The highest BCUT2D eigenvalue weighted by atomic mass is 28.4. The monoisotopic (exact) mass is 338 g/mol. The third kappa shape index (κ3) is 12.2. The fourth-order valence-electron chi connectivity index (χ4n) is 1.45. The predicted octanol–water partition coefficient (Wildman–Crippen LogP) is 3.27. The van der Waals surface area contributed by atoms with Gasteiger partial charge in [0.05, 0.1) is 19.3 Å². The SMILES string of the molecule is C[Si](C)(C)OC[C@@H](O)[C@H](CO[Si](C)(C)C)O[Si](C)(C)C. The lowest BCUT2D eigenvalue weighted by molar-refractivity contribution is -0.0220. The zero-order chi connectivity index (χ0) is 16.2. The minimum absolute atomic E-state index is 0.287.